The summed E-state index contributed by atoms with van der Waals surface area (Å²) in [7, 11) is 0. The molecule has 1 aromatic heterocycles. The maximum atomic E-state index is 12.7. The Morgan fingerprint density at radius 1 is 1.29 bits per heavy atom. The van der Waals surface area contributed by atoms with Gasteiger partial charge in [-0.15, -0.1) is 0 Å². The van der Waals surface area contributed by atoms with Crippen molar-refractivity contribution in [1.82, 2.24) is 4.98 Å². The standard InChI is InChI=1S/C15H11Cl2N3O/c16-13-10-19-14(17)9-12(13)15(21)20(8-4-7-18)11-5-2-1-3-6-11/h1-3,5-6,9-10H,4,8H2. The molecule has 0 radical (unpaired) electrons. The number of nitrogens with zero attached hydrogens (tertiary/aromatic N) is 3. The summed E-state index contributed by atoms with van der Waals surface area (Å²) in [6, 6.07) is 12.6. The van der Waals surface area contributed by atoms with Crippen LogP contribution in [0.25, 0.3) is 0 Å². The lowest BCUT2D eigenvalue weighted by Crippen LogP contribution is -2.32. The van der Waals surface area contributed by atoms with Crippen LogP contribution in [-0.2, 0) is 0 Å². The molecule has 2 rings (SSSR count). The number of carbonyl (C=O) groups is 1. The Bertz CT molecular complexity index is 683. The normalized spacial score (nSPS) is 9.95. The molecule has 1 heterocycles. The lowest BCUT2D eigenvalue weighted by Gasteiger charge is -2.22. The summed E-state index contributed by atoms with van der Waals surface area (Å²) < 4.78 is 0. The molecular formula is C15H11Cl2N3O. The summed E-state index contributed by atoms with van der Waals surface area (Å²) in [6.45, 7) is 0.273. The molecule has 0 spiro atoms. The summed E-state index contributed by atoms with van der Waals surface area (Å²) in [6.07, 6.45) is 1.56. The molecule has 2 aromatic rings. The Balaban J connectivity index is 2.39. The van der Waals surface area contributed by atoms with E-state index >= 15 is 0 Å². The van der Waals surface area contributed by atoms with Crippen LogP contribution in [0.5, 0.6) is 0 Å². The summed E-state index contributed by atoms with van der Waals surface area (Å²) in [5.41, 5.74) is 0.959. The molecule has 0 aliphatic rings. The number of hydrogen-bond donors (Lipinski definition) is 0. The maximum Gasteiger partial charge on any atom is 0.259 e. The van der Waals surface area contributed by atoms with Crippen LogP contribution >= 0.6 is 23.2 Å². The number of pyridine rings is 1. The minimum atomic E-state index is -0.314. The topological polar surface area (TPSA) is 57.0 Å². The summed E-state index contributed by atoms with van der Waals surface area (Å²) in [4.78, 5) is 18.0. The van der Waals surface area contributed by atoms with Gasteiger partial charge >= 0.3 is 0 Å². The fraction of sp³-hybridized carbons (Fsp3) is 0.133. The highest BCUT2D eigenvalue weighted by molar-refractivity contribution is 6.35. The number of nitriles is 1. The maximum absolute atomic E-state index is 12.7. The molecule has 0 atom stereocenters. The molecule has 0 saturated heterocycles. The molecule has 1 aromatic carbocycles. The number of amides is 1. The predicted octanol–water partition coefficient (Wildman–Crippen LogP) is 3.95. The van der Waals surface area contributed by atoms with Crippen LogP contribution < -0.4 is 4.90 Å². The lowest BCUT2D eigenvalue weighted by atomic mass is 10.2. The van der Waals surface area contributed by atoms with Gasteiger partial charge in [-0.3, -0.25) is 4.79 Å². The number of aromatic nitrogens is 1. The summed E-state index contributed by atoms with van der Waals surface area (Å²) in [5, 5.41) is 9.18. The van der Waals surface area contributed by atoms with Crippen molar-refractivity contribution in [3.8, 4) is 6.07 Å². The molecule has 0 aliphatic heterocycles. The number of hydrogen-bond acceptors (Lipinski definition) is 3. The molecule has 0 aliphatic carbocycles. The van der Waals surface area contributed by atoms with Crippen LogP contribution in [0.2, 0.25) is 10.2 Å². The van der Waals surface area contributed by atoms with Crippen LogP contribution in [0.4, 0.5) is 5.69 Å². The van der Waals surface area contributed by atoms with Crippen molar-refractivity contribution in [3.63, 3.8) is 0 Å². The Morgan fingerprint density at radius 2 is 2.00 bits per heavy atom. The second-order valence-corrected chi connectivity index (χ2v) is 4.98. The predicted molar refractivity (Wildman–Crippen MR) is 82.6 cm³/mol. The van der Waals surface area contributed by atoms with Crippen LogP contribution in [0.15, 0.2) is 42.6 Å². The van der Waals surface area contributed by atoms with Gasteiger partial charge in [0.05, 0.1) is 23.1 Å². The van der Waals surface area contributed by atoms with E-state index in [1.807, 2.05) is 24.3 Å². The van der Waals surface area contributed by atoms with E-state index in [0.29, 0.717) is 5.69 Å². The van der Waals surface area contributed by atoms with E-state index in [4.69, 9.17) is 28.5 Å². The lowest BCUT2D eigenvalue weighted by molar-refractivity contribution is 0.0987. The second kappa shape index (κ2) is 7.07. The van der Waals surface area contributed by atoms with E-state index in [1.165, 1.54) is 17.2 Å². The van der Waals surface area contributed by atoms with Gasteiger partial charge in [0, 0.05) is 18.4 Å². The first-order valence-electron chi connectivity index (χ1n) is 6.18. The van der Waals surface area contributed by atoms with Crippen molar-refractivity contribution in [3.05, 3.63) is 58.3 Å². The summed E-state index contributed by atoms with van der Waals surface area (Å²) >= 11 is 11.8. The molecule has 6 heteroatoms. The van der Waals surface area contributed by atoms with Crippen molar-refractivity contribution in [2.24, 2.45) is 0 Å². The first-order valence-corrected chi connectivity index (χ1v) is 6.94. The van der Waals surface area contributed by atoms with Crippen molar-refractivity contribution in [2.75, 3.05) is 11.4 Å². The van der Waals surface area contributed by atoms with Gasteiger partial charge in [-0.25, -0.2) is 4.98 Å². The molecule has 1 amide bonds. The fourth-order valence-corrected chi connectivity index (χ4v) is 2.18. The number of benzene rings is 1. The molecule has 4 nitrogen and oxygen atoms in total. The van der Waals surface area contributed by atoms with Crippen molar-refractivity contribution >= 4 is 34.8 Å². The van der Waals surface area contributed by atoms with E-state index in [-0.39, 0.29) is 34.6 Å². The van der Waals surface area contributed by atoms with E-state index in [2.05, 4.69) is 4.98 Å². The molecule has 0 bridgehead atoms. The third kappa shape index (κ3) is 3.72. The average Bonchev–Trinajstić information content (AvgIpc) is 2.51. The fourth-order valence-electron chi connectivity index (χ4n) is 1.84. The van der Waals surface area contributed by atoms with Crippen molar-refractivity contribution < 1.29 is 4.79 Å². The minimum absolute atomic E-state index is 0.191. The first kappa shape index (κ1) is 15.3. The van der Waals surface area contributed by atoms with Crippen LogP contribution in [0.1, 0.15) is 16.8 Å². The van der Waals surface area contributed by atoms with Gasteiger partial charge in [-0.1, -0.05) is 41.4 Å². The molecule has 0 fully saturated rings. The van der Waals surface area contributed by atoms with E-state index in [9.17, 15) is 4.79 Å². The SMILES string of the molecule is N#CCCN(C(=O)c1cc(Cl)ncc1Cl)c1ccccc1. The quantitative estimate of drug-likeness (QED) is 0.802. The Morgan fingerprint density at radius 3 is 2.67 bits per heavy atom. The minimum Gasteiger partial charge on any atom is -0.307 e. The largest absolute Gasteiger partial charge is 0.307 e. The van der Waals surface area contributed by atoms with Crippen molar-refractivity contribution in [1.29, 1.82) is 5.26 Å². The molecule has 21 heavy (non-hydrogen) atoms. The number of halogens is 2. The average molecular weight is 320 g/mol. The van der Waals surface area contributed by atoms with Crippen molar-refractivity contribution in [2.45, 2.75) is 6.42 Å². The highest BCUT2D eigenvalue weighted by Crippen LogP contribution is 2.23. The van der Waals surface area contributed by atoms with Gasteiger partial charge in [-0.05, 0) is 18.2 Å². The van der Waals surface area contributed by atoms with E-state index in [1.54, 1.807) is 12.1 Å². The highest BCUT2D eigenvalue weighted by Gasteiger charge is 2.20. The van der Waals surface area contributed by atoms with Gasteiger partial charge in [0.15, 0.2) is 0 Å². The molecular weight excluding hydrogens is 309 g/mol. The zero-order chi connectivity index (χ0) is 15.2. The van der Waals surface area contributed by atoms with Gasteiger partial charge in [-0.2, -0.15) is 5.26 Å². The van der Waals surface area contributed by atoms with Crippen LogP contribution in [0.3, 0.4) is 0 Å². The zero-order valence-electron chi connectivity index (χ0n) is 11.0. The third-order valence-electron chi connectivity index (χ3n) is 2.81. The van der Waals surface area contributed by atoms with Gasteiger partial charge in [0.25, 0.3) is 5.91 Å². The van der Waals surface area contributed by atoms with E-state index in [0.717, 1.165) is 0 Å². The Hall–Kier alpha value is -2.09. The number of anilines is 1. The molecule has 0 N–H and O–H groups in total. The van der Waals surface area contributed by atoms with Gasteiger partial charge in [0.2, 0.25) is 0 Å². The smallest absolute Gasteiger partial charge is 0.259 e. The summed E-state index contributed by atoms with van der Waals surface area (Å²) in [5.74, 6) is -0.314. The second-order valence-electron chi connectivity index (χ2n) is 4.19. The number of carbonyl (C=O) groups excluding carboxylic acids is 1. The highest BCUT2D eigenvalue weighted by atomic mass is 35.5. The first-order chi connectivity index (χ1) is 10.1. The Labute approximate surface area is 132 Å². The number of rotatable bonds is 4. The third-order valence-corrected chi connectivity index (χ3v) is 3.32. The van der Waals surface area contributed by atoms with Gasteiger partial charge < -0.3 is 4.90 Å². The Kier molecular flexibility index (Phi) is 5.15. The van der Waals surface area contributed by atoms with Crippen LogP contribution in [0, 0.1) is 11.3 Å². The number of para-hydroxylation sites is 1. The monoisotopic (exact) mass is 319 g/mol. The van der Waals surface area contributed by atoms with Gasteiger partial charge in [0.1, 0.15) is 5.15 Å². The molecule has 0 saturated carbocycles. The molecule has 106 valence electrons. The molecule has 0 unspecified atom stereocenters. The van der Waals surface area contributed by atoms with E-state index < -0.39 is 0 Å². The van der Waals surface area contributed by atoms with Crippen LogP contribution in [-0.4, -0.2) is 17.4 Å². The zero-order valence-corrected chi connectivity index (χ0v) is 12.5.